The third-order valence-electron chi connectivity index (χ3n) is 16.9. The topological polar surface area (TPSA) is 209 Å². The fourth-order valence-electron chi connectivity index (χ4n) is 13.3. The van der Waals surface area contributed by atoms with Crippen LogP contribution in [0.5, 0.6) is 0 Å². The van der Waals surface area contributed by atoms with Crippen molar-refractivity contribution in [2.45, 2.75) is 192 Å². The maximum absolute atomic E-state index is 13.2. The lowest BCUT2D eigenvalue weighted by Gasteiger charge is -2.60. The number of ether oxygens (including phenoxy) is 8. The van der Waals surface area contributed by atoms with Crippen molar-refractivity contribution in [2.24, 2.45) is 46.3 Å². The molecule has 0 aromatic heterocycles. The molecule has 15 heteroatoms. The van der Waals surface area contributed by atoms with Crippen molar-refractivity contribution in [3.63, 3.8) is 0 Å². The van der Waals surface area contributed by atoms with Crippen molar-refractivity contribution >= 4 is 11.9 Å². The minimum Gasteiger partial charge on any atom is -0.455 e. The smallest absolute Gasteiger partial charge is 0.335 e. The summed E-state index contributed by atoms with van der Waals surface area (Å²) in [6, 6.07) is 0. The van der Waals surface area contributed by atoms with Gasteiger partial charge in [0.05, 0.1) is 37.6 Å². The molecule has 13 unspecified atom stereocenters. The van der Waals surface area contributed by atoms with Gasteiger partial charge in [-0.05, 0) is 80.5 Å². The van der Waals surface area contributed by atoms with Crippen LogP contribution in [0.3, 0.4) is 0 Å². The summed E-state index contributed by atoms with van der Waals surface area (Å²) in [6.07, 6.45) is -6.15. The van der Waals surface area contributed by atoms with Crippen molar-refractivity contribution in [3.05, 3.63) is 23.8 Å². The van der Waals surface area contributed by atoms with Gasteiger partial charge in [-0.15, -0.1) is 0 Å². The molecule has 8 aliphatic rings. The van der Waals surface area contributed by atoms with Crippen LogP contribution in [0.4, 0.5) is 0 Å². The number of aliphatic hydroxyl groups is 5. The van der Waals surface area contributed by atoms with Crippen LogP contribution in [0.2, 0.25) is 0 Å². The van der Waals surface area contributed by atoms with Gasteiger partial charge >= 0.3 is 11.9 Å². The second-order valence-electron chi connectivity index (χ2n) is 20.3. The Labute approximate surface area is 359 Å². The van der Waals surface area contributed by atoms with Gasteiger partial charge in [0.15, 0.2) is 42.8 Å². The van der Waals surface area contributed by atoms with Gasteiger partial charge in [0.25, 0.3) is 0 Å². The molecule has 7 fully saturated rings. The molecule has 5 N–H and O–H groups in total. The Bertz CT molecular complexity index is 1680. The summed E-state index contributed by atoms with van der Waals surface area (Å²) in [5, 5.41) is 54.4. The maximum Gasteiger partial charge on any atom is 0.335 e. The Morgan fingerprint density at radius 1 is 0.984 bits per heavy atom. The number of allylic oxidation sites excluding steroid dienone is 1. The van der Waals surface area contributed by atoms with Crippen LogP contribution in [0, 0.1) is 46.3 Å². The van der Waals surface area contributed by atoms with Gasteiger partial charge in [-0.25, -0.2) is 4.79 Å². The lowest BCUT2D eigenvalue weighted by atomic mass is 9.46. The van der Waals surface area contributed by atoms with E-state index in [1.165, 1.54) is 13.8 Å². The number of esters is 2. The van der Waals surface area contributed by atoms with Crippen LogP contribution in [-0.2, 0) is 47.5 Å². The molecule has 8 rings (SSSR count). The highest BCUT2D eigenvalue weighted by Crippen LogP contribution is 2.71. The van der Waals surface area contributed by atoms with E-state index in [2.05, 4.69) is 33.4 Å². The number of rotatable bonds is 9. The first kappa shape index (κ1) is 45.5. The minimum absolute atomic E-state index is 0.0481. The Hall–Kier alpha value is -2.02. The molecular formula is C46H70O15. The van der Waals surface area contributed by atoms with Gasteiger partial charge in [0.2, 0.25) is 0 Å². The largest absolute Gasteiger partial charge is 0.455 e. The summed E-state index contributed by atoms with van der Waals surface area (Å²) in [6.45, 7) is 17.7. The lowest BCUT2D eigenvalue weighted by Crippen LogP contribution is -2.64. The van der Waals surface area contributed by atoms with Crippen LogP contribution in [0.25, 0.3) is 0 Å². The highest BCUT2D eigenvalue weighted by Gasteiger charge is 2.69. The van der Waals surface area contributed by atoms with E-state index in [0.29, 0.717) is 37.2 Å². The monoisotopic (exact) mass is 862 g/mol. The molecule has 0 bridgehead atoms. The average molecular weight is 863 g/mol. The molecule has 0 aromatic carbocycles. The predicted octanol–water partition coefficient (Wildman–Crippen LogP) is 3.45. The summed E-state index contributed by atoms with van der Waals surface area (Å²) < 4.78 is 50.7. The van der Waals surface area contributed by atoms with Crippen LogP contribution in [-0.4, -0.2) is 136 Å². The molecule has 0 amide bonds. The summed E-state index contributed by atoms with van der Waals surface area (Å²) >= 11 is 0. The minimum atomic E-state index is -1.73. The van der Waals surface area contributed by atoms with Crippen molar-refractivity contribution in [1.29, 1.82) is 0 Å². The van der Waals surface area contributed by atoms with Gasteiger partial charge in [0, 0.05) is 31.1 Å². The van der Waals surface area contributed by atoms with E-state index < -0.39 is 103 Å². The molecule has 0 radical (unpaired) electrons. The van der Waals surface area contributed by atoms with Crippen molar-refractivity contribution in [1.82, 2.24) is 0 Å². The second kappa shape index (κ2) is 17.1. The predicted molar refractivity (Wildman–Crippen MR) is 216 cm³/mol. The van der Waals surface area contributed by atoms with Crippen LogP contribution in [0.15, 0.2) is 23.8 Å². The zero-order chi connectivity index (χ0) is 43.9. The standard InChI is InChI=1S/C46H70O15/c1-9-22(3)35(49)41(53)58-32-20-54-43(40(39(32)57-25(6)47)60-42-38(52)37(51)36(50)24(5)56-42)59-33-17-27(48)16-26-10-11-28-29(45(26,33)8)13-14-44(7)30(28)18-31-34(44)23(4)46(61-31)15-12-21(2)19-55-46/h10,22-24,27-40,42-43,48-52H,2,9,11-20H2,1,3-8H3/t22-,23?,24?,27+,28+,29-,30-,31?,32?,33?,34?,35-,36?,37?,38?,39?,40?,42?,43?,44-,45-,46+/m0/s1. The fraction of sp³-hybridized carbons (Fsp3) is 0.870. The van der Waals surface area contributed by atoms with E-state index in [1.54, 1.807) is 6.92 Å². The molecule has 1 spiro atoms. The summed E-state index contributed by atoms with van der Waals surface area (Å²) in [4.78, 5) is 26.0. The van der Waals surface area contributed by atoms with Gasteiger partial charge in [-0.2, -0.15) is 0 Å². The number of carbonyl (C=O) groups excluding carboxylic acids is 2. The zero-order valence-corrected chi connectivity index (χ0v) is 36.9. The van der Waals surface area contributed by atoms with E-state index in [1.807, 2.05) is 6.92 Å². The average Bonchev–Trinajstić information content (AvgIpc) is 3.67. The first-order chi connectivity index (χ1) is 28.8. The number of aliphatic hydroxyl groups excluding tert-OH is 5. The molecule has 4 heterocycles. The van der Waals surface area contributed by atoms with Crippen molar-refractivity contribution in [3.8, 4) is 0 Å². The Morgan fingerprint density at radius 2 is 1.74 bits per heavy atom. The molecule has 22 atom stereocenters. The molecular weight excluding hydrogens is 792 g/mol. The van der Waals surface area contributed by atoms with E-state index in [-0.39, 0.29) is 36.4 Å². The summed E-state index contributed by atoms with van der Waals surface area (Å²) in [5.41, 5.74) is 1.76. The van der Waals surface area contributed by atoms with E-state index in [4.69, 9.17) is 37.9 Å². The third-order valence-corrected chi connectivity index (χ3v) is 16.9. The highest BCUT2D eigenvalue weighted by molar-refractivity contribution is 5.75. The highest BCUT2D eigenvalue weighted by atomic mass is 16.8. The van der Waals surface area contributed by atoms with Gasteiger partial charge in [-0.1, -0.05) is 64.8 Å². The number of fused-ring (bicyclic) bond motifs is 7. The fourth-order valence-corrected chi connectivity index (χ4v) is 13.3. The van der Waals surface area contributed by atoms with Crippen LogP contribution >= 0.6 is 0 Å². The summed E-state index contributed by atoms with van der Waals surface area (Å²) in [5.74, 6) is -1.12. The van der Waals surface area contributed by atoms with E-state index in [9.17, 15) is 35.1 Å². The van der Waals surface area contributed by atoms with Crippen LogP contribution < -0.4 is 0 Å². The molecule has 15 nitrogen and oxygen atoms in total. The summed E-state index contributed by atoms with van der Waals surface area (Å²) in [7, 11) is 0. The number of hydrogen-bond acceptors (Lipinski definition) is 15. The van der Waals surface area contributed by atoms with Gasteiger partial charge < -0.3 is 63.4 Å². The van der Waals surface area contributed by atoms with Gasteiger partial charge in [-0.3, -0.25) is 4.79 Å². The quantitative estimate of drug-likeness (QED) is 0.166. The first-order valence-corrected chi connectivity index (χ1v) is 22.9. The molecule has 4 saturated heterocycles. The normalized spacial score (nSPS) is 50.4. The molecule has 344 valence electrons. The third kappa shape index (κ3) is 7.76. The Kier molecular flexibility index (Phi) is 12.8. The second-order valence-corrected chi connectivity index (χ2v) is 20.3. The SMILES string of the molecule is C=C1CC[C@@]2(OC1)OC1C[C@H]3[C@@H]4CC=C5C[C@@H](O)CC(OC6OCC(OC(=O)[C@@H](O)[C@@H](C)CC)C(OC(C)=O)C6OC6OC(C)C(O)C(O)C6O)[C@]5(C)[C@H]4CC[C@]3(C)C1C2C. The molecule has 3 saturated carbocycles. The maximum atomic E-state index is 13.2. The van der Waals surface area contributed by atoms with Crippen LogP contribution in [0.1, 0.15) is 106 Å². The van der Waals surface area contributed by atoms with E-state index in [0.717, 1.165) is 49.7 Å². The van der Waals surface area contributed by atoms with E-state index >= 15 is 0 Å². The molecule has 0 aromatic rings. The lowest BCUT2D eigenvalue weighted by molar-refractivity contribution is -0.363. The number of carbonyl (C=O) groups is 2. The van der Waals surface area contributed by atoms with Crippen molar-refractivity contribution in [2.75, 3.05) is 13.2 Å². The Morgan fingerprint density at radius 3 is 2.43 bits per heavy atom. The van der Waals surface area contributed by atoms with Crippen molar-refractivity contribution < 1.29 is 73.0 Å². The number of hydrogen-bond donors (Lipinski definition) is 5. The molecule has 4 aliphatic heterocycles. The Balaban J connectivity index is 1.08. The molecule has 4 aliphatic carbocycles. The zero-order valence-electron chi connectivity index (χ0n) is 36.9. The van der Waals surface area contributed by atoms with Gasteiger partial charge in [0.1, 0.15) is 18.3 Å². The molecule has 61 heavy (non-hydrogen) atoms. The first-order valence-electron chi connectivity index (χ1n) is 22.9.